The minimum absolute atomic E-state index is 0.0207. The topological polar surface area (TPSA) is 9.23 Å². The van der Waals surface area contributed by atoms with E-state index in [1.165, 1.54) is 0 Å². The Labute approximate surface area is 207 Å². The largest absolute Gasteiger partial charge is 0.490 e. The van der Waals surface area contributed by atoms with Crippen molar-refractivity contribution in [3.05, 3.63) is 64.2 Å². The molecule has 2 saturated carbocycles. The van der Waals surface area contributed by atoms with Gasteiger partial charge in [-0.25, -0.2) is 13.2 Å². The molecule has 0 heterocycles. The molecule has 0 aromatic heterocycles. The summed E-state index contributed by atoms with van der Waals surface area (Å²) in [6, 6.07) is 6.71. The van der Waals surface area contributed by atoms with E-state index in [2.05, 4.69) is 6.92 Å². The van der Waals surface area contributed by atoms with Gasteiger partial charge in [0.05, 0.1) is 6.61 Å². The van der Waals surface area contributed by atoms with Crippen molar-refractivity contribution in [1.29, 1.82) is 0 Å². The van der Waals surface area contributed by atoms with Crippen LogP contribution in [0.5, 0.6) is 5.75 Å². The van der Waals surface area contributed by atoms with Crippen molar-refractivity contribution in [2.45, 2.75) is 96.3 Å². The highest BCUT2D eigenvalue weighted by Crippen LogP contribution is 2.41. The number of aryl methyl sites for hydroxylation is 1. The highest BCUT2D eigenvalue weighted by molar-refractivity contribution is 5.33. The van der Waals surface area contributed by atoms with Gasteiger partial charge in [-0.2, -0.15) is 4.39 Å². The van der Waals surface area contributed by atoms with Crippen LogP contribution in [0.3, 0.4) is 0 Å². The van der Waals surface area contributed by atoms with Gasteiger partial charge in [-0.05, 0) is 104 Å². The second kappa shape index (κ2) is 11.8. The number of hydrogen-bond donors (Lipinski definition) is 0. The summed E-state index contributed by atoms with van der Waals surface area (Å²) < 4.78 is 64.4. The first-order valence-electron chi connectivity index (χ1n) is 13.5. The van der Waals surface area contributed by atoms with E-state index in [9.17, 15) is 17.6 Å². The van der Waals surface area contributed by atoms with Crippen molar-refractivity contribution in [3.63, 3.8) is 0 Å². The molecular formula is C30H38F4O. The summed E-state index contributed by atoms with van der Waals surface area (Å²) in [5.41, 5.74) is 1.37. The molecular weight excluding hydrogens is 452 g/mol. The molecule has 0 unspecified atom stereocenters. The predicted molar refractivity (Wildman–Crippen MR) is 132 cm³/mol. The zero-order valence-corrected chi connectivity index (χ0v) is 21.0. The molecule has 2 aromatic rings. The summed E-state index contributed by atoms with van der Waals surface area (Å²) in [5, 5.41) is 0. The van der Waals surface area contributed by atoms with Gasteiger partial charge in [0.2, 0.25) is 5.82 Å². The molecule has 0 amide bonds. The Morgan fingerprint density at radius 3 is 1.77 bits per heavy atom. The standard InChI is InChI=1S/C30H38F4O/c1-3-5-23-14-15-24(28(32)27(23)31)22-12-8-20(9-13-22)18-35-26-17-16-25(29(33)30(26)34)21-10-6-19(4-2)7-11-21/h14-17,19-22H,3-13,18H2,1-2H3. The van der Waals surface area contributed by atoms with E-state index >= 15 is 0 Å². The normalized spacial score (nSPS) is 25.0. The van der Waals surface area contributed by atoms with Crippen LogP contribution in [0.1, 0.15) is 107 Å². The Hall–Kier alpha value is -2.04. The van der Waals surface area contributed by atoms with Gasteiger partial charge in [0.25, 0.3) is 0 Å². The van der Waals surface area contributed by atoms with Crippen molar-refractivity contribution in [2.75, 3.05) is 6.61 Å². The first-order chi connectivity index (χ1) is 16.9. The Bertz CT molecular complexity index is 988. The van der Waals surface area contributed by atoms with Crippen LogP contribution in [0.4, 0.5) is 17.6 Å². The molecule has 1 nitrogen and oxygen atoms in total. The lowest BCUT2D eigenvalue weighted by Gasteiger charge is -2.30. The number of ether oxygens (including phenoxy) is 1. The summed E-state index contributed by atoms with van der Waals surface area (Å²) in [6.45, 7) is 4.43. The third kappa shape index (κ3) is 5.86. The minimum atomic E-state index is -0.890. The molecule has 0 aliphatic heterocycles. The van der Waals surface area contributed by atoms with Crippen LogP contribution in [0.2, 0.25) is 0 Å². The van der Waals surface area contributed by atoms with E-state index < -0.39 is 23.3 Å². The molecule has 0 atom stereocenters. The minimum Gasteiger partial charge on any atom is -0.490 e. The highest BCUT2D eigenvalue weighted by Gasteiger charge is 2.28. The number of hydrogen-bond acceptors (Lipinski definition) is 1. The molecule has 0 saturated heterocycles. The van der Waals surface area contributed by atoms with E-state index in [4.69, 9.17) is 4.74 Å². The molecule has 0 N–H and O–H groups in total. The quantitative estimate of drug-likeness (QED) is 0.335. The molecule has 2 fully saturated rings. The van der Waals surface area contributed by atoms with Crippen LogP contribution in [-0.2, 0) is 6.42 Å². The van der Waals surface area contributed by atoms with E-state index in [0.29, 0.717) is 35.6 Å². The maximum Gasteiger partial charge on any atom is 0.200 e. The zero-order valence-electron chi connectivity index (χ0n) is 21.0. The first kappa shape index (κ1) is 26.0. The fourth-order valence-electron chi connectivity index (χ4n) is 6.09. The van der Waals surface area contributed by atoms with E-state index in [-0.39, 0.29) is 23.5 Å². The monoisotopic (exact) mass is 490 g/mol. The van der Waals surface area contributed by atoms with Crippen molar-refractivity contribution < 1.29 is 22.3 Å². The van der Waals surface area contributed by atoms with Gasteiger partial charge in [0.15, 0.2) is 23.2 Å². The Morgan fingerprint density at radius 2 is 1.20 bits per heavy atom. The number of benzene rings is 2. The fraction of sp³-hybridized carbons (Fsp3) is 0.600. The third-order valence-corrected chi connectivity index (χ3v) is 8.41. The maximum atomic E-state index is 14.9. The van der Waals surface area contributed by atoms with Gasteiger partial charge in [-0.3, -0.25) is 0 Å². The van der Waals surface area contributed by atoms with Gasteiger partial charge in [0.1, 0.15) is 0 Å². The van der Waals surface area contributed by atoms with Gasteiger partial charge in [0, 0.05) is 0 Å². The molecule has 2 aliphatic rings. The first-order valence-corrected chi connectivity index (χ1v) is 13.5. The van der Waals surface area contributed by atoms with Gasteiger partial charge in [-0.1, -0.05) is 44.9 Å². The van der Waals surface area contributed by atoms with Crippen LogP contribution >= 0.6 is 0 Å². The molecule has 5 heteroatoms. The summed E-state index contributed by atoms with van der Waals surface area (Å²) in [6.07, 6.45) is 9.44. The van der Waals surface area contributed by atoms with Crippen molar-refractivity contribution in [3.8, 4) is 5.75 Å². The molecule has 4 rings (SSSR count). The predicted octanol–water partition coefficient (Wildman–Crippen LogP) is 9.23. The Morgan fingerprint density at radius 1 is 0.657 bits per heavy atom. The molecule has 0 radical (unpaired) electrons. The molecule has 0 spiro atoms. The lowest BCUT2D eigenvalue weighted by molar-refractivity contribution is 0.191. The average molecular weight is 491 g/mol. The van der Waals surface area contributed by atoms with Crippen LogP contribution in [0, 0.1) is 35.1 Å². The molecule has 0 bridgehead atoms. The Kier molecular flexibility index (Phi) is 8.77. The number of rotatable bonds is 8. The summed E-state index contributed by atoms with van der Waals surface area (Å²) >= 11 is 0. The zero-order chi connectivity index (χ0) is 24.9. The van der Waals surface area contributed by atoms with Crippen molar-refractivity contribution >= 4 is 0 Å². The number of halogens is 4. The molecule has 2 aromatic carbocycles. The van der Waals surface area contributed by atoms with E-state index in [0.717, 1.165) is 64.2 Å². The second-order valence-corrected chi connectivity index (χ2v) is 10.6. The molecule has 35 heavy (non-hydrogen) atoms. The second-order valence-electron chi connectivity index (χ2n) is 10.6. The summed E-state index contributed by atoms with van der Waals surface area (Å²) in [7, 11) is 0. The summed E-state index contributed by atoms with van der Waals surface area (Å²) in [4.78, 5) is 0. The smallest absolute Gasteiger partial charge is 0.200 e. The molecule has 192 valence electrons. The van der Waals surface area contributed by atoms with Crippen LogP contribution in [0.25, 0.3) is 0 Å². The maximum absolute atomic E-state index is 14.9. The van der Waals surface area contributed by atoms with Crippen LogP contribution < -0.4 is 4.74 Å². The van der Waals surface area contributed by atoms with E-state index in [1.54, 1.807) is 24.3 Å². The Balaban J connectivity index is 1.31. The van der Waals surface area contributed by atoms with Crippen molar-refractivity contribution in [2.24, 2.45) is 11.8 Å². The fourth-order valence-corrected chi connectivity index (χ4v) is 6.09. The lowest BCUT2D eigenvalue weighted by atomic mass is 9.77. The van der Waals surface area contributed by atoms with Gasteiger partial charge in [-0.15, -0.1) is 0 Å². The summed E-state index contributed by atoms with van der Waals surface area (Å²) in [5.74, 6) is -2.17. The van der Waals surface area contributed by atoms with Crippen LogP contribution in [-0.4, -0.2) is 6.61 Å². The molecule has 2 aliphatic carbocycles. The SMILES string of the molecule is CCCc1ccc(C2CCC(COc3ccc(C4CCC(CC)CC4)c(F)c3F)CC2)c(F)c1F. The van der Waals surface area contributed by atoms with Crippen LogP contribution in [0.15, 0.2) is 24.3 Å². The van der Waals surface area contributed by atoms with Gasteiger partial charge >= 0.3 is 0 Å². The average Bonchev–Trinajstić information content (AvgIpc) is 2.88. The lowest BCUT2D eigenvalue weighted by Crippen LogP contribution is -2.20. The highest BCUT2D eigenvalue weighted by atomic mass is 19.2. The van der Waals surface area contributed by atoms with Crippen molar-refractivity contribution in [1.82, 2.24) is 0 Å². The van der Waals surface area contributed by atoms with E-state index in [1.807, 2.05) is 6.92 Å². The van der Waals surface area contributed by atoms with Gasteiger partial charge < -0.3 is 4.74 Å². The third-order valence-electron chi connectivity index (χ3n) is 8.41.